The van der Waals surface area contributed by atoms with Crippen molar-refractivity contribution in [1.82, 2.24) is 0 Å². The lowest BCUT2D eigenvalue weighted by Crippen LogP contribution is -1.96. The van der Waals surface area contributed by atoms with Gasteiger partial charge in [0.1, 0.15) is 12.4 Å². The van der Waals surface area contributed by atoms with Gasteiger partial charge in [-0.25, -0.2) is 0 Å². The number of hydrogen-bond acceptors (Lipinski definition) is 1. The van der Waals surface area contributed by atoms with Gasteiger partial charge in [-0.3, -0.25) is 0 Å². The van der Waals surface area contributed by atoms with E-state index in [4.69, 9.17) is 4.74 Å². The maximum absolute atomic E-state index is 5.84. The van der Waals surface area contributed by atoms with Crippen molar-refractivity contribution in [2.45, 2.75) is 13.5 Å². The Kier molecular flexibility index (Phi) is 5.23. The summed E-state index contributed by atoms with van der Waals surface area (Å²) in [6.45, 7) is 2.65. The average Bonchev–Trinajstić information content (AvgIpc) is 2.38. The van der Waals surface area contributed by atoms with E-state index in [1.54, 1.807) is 0 Å². The first-order chi connectivity index (χ1) is 9.15. The van der Waals surface area contributed by atoms with Crippen LogP contribution in [0.2, 0.25) is 0 Å². The topological polar surface area (TPSA) is 9.23 Å². The van der Waals surface area contributed by atoms with Crippen LogP contribution in [0.4, 0.5) is 0 Å². The van der Waals surface area contributed by atoms with Crippen LogP contribution in [0.15, 0.2) is 51.9 Å². The molecule has 0 radical (unpaired) electrons. The summed E-state index contributed by atoms with van der Waals surface area (Å²) in [6.07, 6.45) is 2.01. The highest BCUT2D eigenvalue weighted by Crippen LogP contribution is 2.24. The van der Waals surface area contributed by atoms with Crippen molar-refractivity contribution in [3.05, 3.63) is 68.6 Å². The minimum atomic E-state index is 0.596. The number of rotatable bonds is 4. The van der Waals surface area contributed by atoms with Gasteiger partial charge in [-0.05, 0) is 73.7 Å². The Labute approximate surface area is 130 Å². The van der Waals surface area contributed by atoms with Gasteiger partial charge in [0.25, 0.3) is 0 Å². The maximum atomic E-state index is 5.84. The van der Waals surface area contributed by atoms with Crippen LogP contribution in [-0.2, 0) is 6.61 Å². The molecule has 0 spiro atoms. The summed E-state index contributed by atoms with van der Waals surface area (Å²) in [7, 11) is 0. The normalized spacial score (nSPS) is 10.1. The molecule has 0 aliphatic carbocycles. The van der Waals surface area contributed by atoms with Crippen LogP contribution >= 0.6 is 31.9 Å². The Morgan fingerprint density at radius 1 is 1.11 bits per heavy atom. The molecule has 0 aliphatic rings. The first-order valence-corrected chi connectivity index (χ1v) is 7.54. The number of ether oxygens (including phenoxy) is 1. The number of hydrogen-bond donors (Lipinski definition) is 0. The molecule has 0 saturated heterocycles. The van der Waals surface area contributed by atoms with Crippen molar-refractivity contribution >= 4 is 37.9 Å². The zero-order chi connectivity index (χ0) is 13.7. The third kappa shape index (κ3) is 4.51. The Morgan fingerprint density at radius 2 is 1.84 bits per heavy atom. The third-order valence-corrected chi connectivity index (χ3v) is 3.17. The molecule has 0 bridgehead atoms. The fourth-order valence-corrected chi connectivity index (χ4v) is 2.31. The Bertz CT molecular complexity index is 573. The van der Waals surface area contributed by atoms with Crippen LogP contribution in [0.5, 0.6) is 5.75 Å². The van der Waals surface area contributed by atoms with Crippen LogP contribution in [0.3, 0.4) is 0 Å². The van der Waals surface area contributed by atoms with Crippen LogP contribution in [0.1, 0.15) is 16.7 Å². The standard InChI is InChI=1S/C16H14Br2O/c1-12-9-14(10-16(17)18)7-8-15(12)19-11-13-5-3-2-4-6-13/h2-10H,11H2,1H3. The van der Waals surface area contributed by atoms with E-state index < -0.39 is 0 Å². The van der Waals surface area contributed by atoms with Crippen LogP contribution in [0.25, 0.3) is 6.08 Å². The largest absolute Gasteiger partial charge is 0.489 e. The minimum absolute atomic E-state index is 0.596. The molecule has 0 saturated carbocycles. The number of benzene rings is 2. The fraction of sp³-hybridized carbons (Fsp3) is 0.125. The van der Waals surface area contributed by atoms with Crippen LogP contribution < -0.4 is 4.74 Å². The number of aryl methyl sites for hydroxylation is 1. The van der Waals surface area contributed by atoms with E-state index in [0.29, 0.717) is 6.61 Å². The monoisotopic (exact) mass is 380 g/mol. The van der Waals surface area contributed by atoms with E-state index in [1.807, 2.05) is 36.4 Å². The molecule has 0 amide bonds. The zero-order valence-corrected chi connectivity index (χ0v) is 13.7. The second-order valence-corrected chi connectivity index (χ2v) is 7.01. The third-order valence-electron chi connectivity index (χ3n) is 2.71. The molecule has 0 heterocycles. The molecule has 2 aromatic rings. The summed E-state index contributed by atoms with van der Waals surface area (Å²) in [6, 6.07) is 16.3. The summed E-state index contributed by atoms with van der Waals surface area (Å²) < 4.78 is 6.77. The molecule has 2 aromatic carbocycles. The van der Waals surface area contributed by atoms with Crippen LogP contribution in [0, 0.1) is 6.92 Å². The maximum Gasteiger partial charge on any atom is 0.122 e. The molecule has 0 fully saturated rings. The van der Waals surface area contributed by atoms with E-state index >= 15 is 0 Å². The summed E-state index contributed by atoms with van der Waals surface area (Å²) in [5.74, 6) is 0.923. The zero-order valence-electron chi connectivity index (χ0n) is 10.6. The number of halogens is 2. The molecule has 0 unspecified atom stereocenters. The van der Waals surface area contributed by atoms with E-state index in [2.05, 4.69) is 57.0 Å². The Morgan fingerprint density at radius 3 is 2.47 bits per heavy atom. The average molecular weight is 382 g/mol. The molecule has 2 rings (SSSR count). The lowest BCUT2D eigenvalue weighted by atomic mass is 10.1. The summed E-state index contributed by atoms with van der Waals surface area (Å²) >= 11 is 6.72. The predicted octanol–water partition coefficient (Wildman–Crippen LogP) is 5.66. The van der Waals surface area contributed by atoms with Crippen molar-refractivity contribution in [3.8, 4) is 5.75 Å². The molecular formula is C16H14Br2O. The lowest BCUT2D eigenvalue weighted by molar-refractivity contribution is 0.304. The van der Waals surface area contributed by atoms with Crippen molar-refractivity contribution in [2.24, 2.45) is 0 Å². The molecule has 0 aromatic heterocycles. The van der Waals surface area contributed by atoms with E-state index in [-0.39, 0.29) is 0 Å². The van der Waals surface area contributed by atoms with Gasteiger partial charge in [0.15, 0.2) is 0 Å². The second kappa shape index (κ2) is 6.92. The van der Waals surface area contributed by atoms with Gasteiger partial charge in [0.2, 0.25) is 0 Å². The Hall–Kier alpha value is -1.06. The minimum Gasteiger partial charge on any atom is -0.489 e. The first kappa shape index (κ1) is 14.4. The van der Waals surface area contributed by atoms with Gasteiger partial charge >= 0.3 is 0 Å². The summed E-state index contributed by atoms with van der Waals surface area (Å²) in [4.78, 5) is 0. The highest BCUT2D eigenvalue weighted by molar-refractivity contribution is 9.28. The van der Waals surface area contributed by atoms with Gasteiger partial charge in [-0.15, -0.1) is 0 Å². The van der Waals surface area contributed by atoms with Crippen molar-refractivity contribution < 1.29 is 4.74 Å². The highest BCUT2D eigenvalue weighted by Gasteiger charge is 2.01. The van der Waals surface area contributed by atoms with Gasteiger partial charge in [0.05, 0.1) is 3.39 Å². The fourth-order valence-electron chi connectivity index (χ4n) is 1.79. The molecule has 0 aliphatic heterocycles. The lowest BCUT2D eigenvalue weighted by Gasteiger charge is -2.10. The SMILES string of the molecule is Cc1cc(C=C(Br)Br)ccc1OCc1ccccc1. The molecule has 19 heavy (non-hydrogen) atoms. The van der Waals surface area contributed by atoms with E-state index in [9.17, 15) is 0 Å². The smallest absolute Gasteiger partial charge is 0.122 e. The summed E-state index contributed by atoms with van der Waals surface area (Å²) in [5, 5.41) is 0. The molecule has 0 atom stereocenters. The Balaban J connectivity index is 2.07. The van der Waals surface area contributed by atoms with Crippen molar-refractivity contribution in [3.63, 3.8) is 0 Å². The van der Waals surface area contributed by atoms with Gasteiger partial charge < -0.3 is 4.74 Å². The van der Waals surface area contributed by atoms with Gasteiger partial charge in [0, 0.05) is 0 Å². The first-order valence-electron chi connectivity index (χ1n) is 5.95. The van der Waals surface area contributed by atoms with Gasteiger partial charge in [-0.1, -0.05) is 36.4 Å². The van der Waals surface area contributed by atoms with E-state index in [1.165, 1.54) is 5.56 Å². The highest BCUT2D eigenvalue weighted by atomic mass is 79.9. The second-order valence-electron chi connectivity index (χ2n) is 4.23. The van der Waals surface area contributed by atoms with Gasteiger partial charge in [-0.2, -0.15) is 0 Å². The van der Waals surface area contributed by atoms with E-state index in [0.717, 1.165) is 20.3 Å². The summed E-state index contributed by atoms with van der Waals surface area (Å²) in [5.41, 5.74) is 3.44. The predicted molar refractivity (Wildman–Crippen MR) is 87.8 cm³/mol. The van der Waals surface area contributed by atoms with Crippen molar-refractivity contribution in [2.75, 3.05) is 0 Å². The molecule has 1 nitrogen and oxygen atoms in total. The molecular weight excluding hydrogens is 368 g/mol. The molecule has 3 heteroatoms. The van der Waals surface area contributed by atoms with Crippen molar-refractivity contribution in [1.29, 1.82) is 0 Å². The molecule has 0 N–H and O–H groups in total. The molecule has 98 valence electrons. The van der Waals surface area contributed by atoms with Crippen LogP contribution in [-0.4, -0.2) is 0 Å². The quantitative estimate of drug-likeness (QED) is 0.663.